The van der Waals surface area contributed by atoms with Crippen molar-refractivity contribution >= 4 is 18.3 Å². The Kier molecular flexibility index (Phi) is 7.95. The van der Waals surface area contributed by atoms with Crippen LogP contribution in [-0.2, 0) is 6.61 Å². The van der Waals surface area contributed by atoms with Crippen molar-refractivity contribution in [2.45, 2.75) is 32.4 Å². The lowest BCUT2D eigenvalue weighted by Crippen LogP contribution is -2.42. The first-order valence-corrected chi connectivity index (χ1v) is 9.06. The molecule has 1 aliphatic heterocycles. The van der Waals surface area contributed by atoms with Crippen LogP contribution in [0.3, 0.4) is 0 Å². The number of carbonyl (C=O) groups is 1. The first-order chi connectivity index (χ1) is 12.3. The van der Waals surface area contributed by atoms with Crippen molar-refractivity contribution in [1.29, 1.82) is 0 Å². The lowest BCUT2D eigenvalue weighted by molar-refractivity contribution is 0.0691. The van der Waals surface area contributed by atoms with E-state index in [1.54, 1.807) is 0 Å². The predicted octanol–water partition coefficient (Wildman–Crippen LogP) is 3.90. The van der Waals surface area contributed by atoms with Gasteiger partial charge in [0.25, 0.3) is 5.91 Å². The van der Waals surface area contributed by atoms with Crippen LogP contribution in [-0.4, -0.2) is 36.5 Å². The van der Waals surface area contributed by atoms with Crippen LogP contribution in [0.2, 0.25) is 0 Å². The van der Waals surface area contributed by atoms with Crippen LogP contribution in [0.15, 0.2) is 54.6 Å². The van der Waals surface area contributed by atoms with Crippen LogP contribution in [0, 0.1) is 0 Å². The number of nitrogens with zero attached hydrogens (tertiary/aromatic N) is 1. The molecule has 0 spiro atoms. The summed E-state index contributed by atoms with van der Waals surface area (Å²) in [5, 5.41) is 3.35. The van der Waals surface area contributed by atoms with E-state index in [4.69, 9.17) is 4.74 Å². The standard InChI is InChI=1S/C21H26N2O2.ClH/c1-2-13-23(19-11-12-22-15-19)21(24)18-9-6-10-20(14-18)25-16-17-7-4-3-5-8-17;/h3-10,14,19,22H,2,11-13,15-16H2,1H3;1H. The molecule has 1 heterocycles. The Hall–Kier alpha value is -2.04. The summed E-state index contributed by atoms with van der Waals surface area (Å²) in [6.45, 7) is 5.28. The van der Waals surface area contributed by atoms with E-state index in [9.17, 15) is 4.79 Å². The lowest BCUT2D eigenvalue weighted by atomic mass is 10.1. The summed E-state index contributed by atoms with van der Waals surface area (Å²) >= 11 is 0. The van der Waals surface area contributed by atoms with Crippen molar-refractivity contribution < 1.29 is 9.53 Å². The zero-order valence-corrected chi connectivity index (χ0v) is 16.0. The Morgan fingerprint density at radius 2 is 2.00 bits per heavy atom. The molecule has 26 heavy (non-hydrogen) atoms. The van der Waals surface area contributed by atoms with Crippen LogP contribution in [0.5, 0.6) is 5.75 Å². The smallest absolute Gasteiger partial charge is 0.254 e. The minimum Gasteiger partial charge on any atom is -0.489 e. The van der Waals surface area contributed by atoms with Gasteiger partial charge in [0, 0.05) is 24.7 Å². The highest BCUT2D eigenvalue weighted by Crippen LogP contribution is 2.19. The first kappa shape index (κ1) is 20.3. The average molecular weight is 375 g/mol. The quantitative estimate of drug-likeness (QED) is 0.799. The average Bonchev–Trinajstić information content (AvgIpc) is 3.19. The fraction of sp³-hybridized carbons (Fsp3) is 0.381. The monoisotopic (exact) mass is 374 g/mol. The maximum atomic E-state index is 13.0. The largest absolute Gasteiger partial charge is 0.489 e. The second-order valence-electron chi connectivity index (χ2n) is 6.45. The number of carbonyl (C=O) groups excluding carboxylic acids is 1. The molecule has 1 N–H and O–H groups in total. The fourth-order valence-electron chi connectivity index (χ4n) is 3.22. The SMILES string of the molecule is CCCN(C(=O)c1cccc(OCc2ccccc2)c1)C1CCNC1.Cl. The molecule has 0 aromatic heterocycles. The van der Waals surface area contributed by atoms with Crippen molar-refractivity contribution in [2.24, 2.45) is 0 Å². The van der Waals surface area contributed by atoms with Gasteiger partial charge >= 0.3 is 0 Å². The van der Waals surface area contributed by atoms with E-state index in [0.717, 1.165) is 43.8 Å². The van der Waals surface area contributed by atoms with Gasteiger partial charge in [-0.2, -0.15) is 0 Å². The van der Waals surface area contributed by atoms with Crippen LogP contribution in [0.4, 0.5) is 0 Å². The summed E-state index contributed by atoms with van der Waals surface area (Å²) in [4.78, 5) is 15.0. The third-order valence-electron chi connectivity index (χ3n) is 4.53. The fourth-order valence-corrected chi connectivity index (χ4v) is 3.22. The third-order valence-corrected chi connectivity index (χ3v) is 4.53. The number of nitrogens with one attached hydrogen (secondary N) is 1. The Bertz CT molecular complexity index is 687. The molecule has 140 valence electrons. The predicted molar refractivity (Wildman–Crippen MR) is 107 cm³/mol. The van der Waals surface area contributed by atoms with Gasteiger partial charge in [-0.25, -0.2) is 0 Å². The molecule has 1 atom stereocenters. The molecule has 2 aromatic rings. The number of amides is 1. The molecule has 2 aromatic carbocycles. The highest BCUT2D eigenvalue weighted by molar-refractivity contribution is 5.94. The molecule has 1 saturated heterocycles. The lowest BCUT2D eigenvalue weighted by Gasteiger charge is -2.28. The number of benzene rings is 2. The van der Waals surface area contributed by atoms with Crippen LogP contribution in [0.25, 0.3) is 0 Å². The van der Waals surface area contributed by atoms with E-state index in [2.05, 4.69) is 12.2 Å². The van der Waals surface area contributed by atoms with Gasteiger partial charge < -0.3 is 15.0 Å². The molecule has 1 unspecified atom stereocenters. The third kappa shape index (κ3) is 5.23. The van der Waals surface area contributed by atoms with Gasteiger partial charge in [0.05, 0.1) is 0 Å². The summed E-state index contributed by atoms with van der Waals surface area (Å²) in [5.74, 6) is 0.830. The second-order valence-corrected chi connectivity index (χ2v) is 6.45. The Morgan fingerprint density at radius 3 is 2.69 bits per heavy atom. The van der Waals surface area contributed by atoms with Crippen LogP contribution < -0.4 is 10.1 Å². The maximum absolute atomic E-state index is 13.0. The number of rotatable bonds is 7. The Morgan fingerprint density at radius 1 is 1.19 bits per heavy atom. The normalized spacial score (nSPS) is 16.0. The van der Waals surface area contributed by atoms with E-state index in [1.165, 1.54) is 0 Å². The molecule has 1 fully saturated rings. The van der Waals surface area contributed by atoms with Gasteiger partial charge in [-0.3, -0.25) is 4.79 Å². The van der Waals surface area contributed by atoms with E-state index in [-0.39, 0.29) is 18.3 Å². The Labute approximate surface area is 162 Å². The zero-order valence-electron chi connectivity index (χ0n) is 15.2. The second kappa shape index (κ2) is 10.2. The molecular formula is C21H27ClN2O2. The Balaban J connectivity index is 0.00000243. The van der Waals surface area contributed by atoms with E-state index in [1.807, 2.05) is 59.5 Å². The van der Waals surface area contributed by atoms with Gasteiger partial charge in [-0.05, 0) is 43.1 Å². The minimum atomic E-state index is 0. The van der Waals surface area contributed by atoms with E-state index >= 15 is 0 Å². The van der Waals surface area contributed by atoms with Crippen molar-refractivity contribution in [3.8, 4) is 5.75 Å². The van der Waals surface area contributed by atoms with Crippen LogP contribution in [0.1, 0.15) is 35.7 Å². The summed E-state index contributed by atoms with van der Waals surface area (Å²) in [5.41, 5.74) is 1.81. The van der Waals surface area contributed by atoms with Crippen molar-refractivity contribution in [1.82, 2.24) is 10.2 Å². The number of ether oxygens (including phenoxy) is 1. The molecule has 0 aliphatic carbocycles. The summed E-state index contributed by atoms with van der Waals surface area (Å²) in [6, 6.07) is 17.9. The van der Waals surface area contributed by atoms with Gasteiger partial charge in [0.15, 0.2) is 0 Å². The van der Waals surface area contributed by atoms with Gasteiger partial charge in [0.1, 0.15) is 12.4 Å². The molecule has 1 amide bonds. The highest BCUT2D eigenvalue weighted by atomic mass is 35.5. The number of hydrogen-bond donors (Lipinski definition) is 1. The molecular weight excluding hydrogens is 348 g/mol. The molecule has 3 rings (SSSR count). The summed E-state index contributed by atoms with van der Waals surface area (Å²) in [6.07, 6.45) is 1.99. The zero-order chi connectivity index (χ0) is 17.5. The van der Waals surface area contributed by atoms with Crippen molar-refractivity contribution in [3.05, 3.63) is 65.7 Å². The molecule has 0 bridgehead atoms. The van der Waals surface area contributed by atoms with Crippen molar-refractivity contribution in [3.63, 3.8) is 0 Å². The summed E-state index contributed by atoms with van der Waals surface area (Å²) < 4.78 is 5.86. The molecule has 1 aliphatic rings. The van der Waals surface area contributed by atoms with Gasteiger partial charge in [-0.15, -0.1) is 12.4 Å². The maximum Gasteiger partial charge on any atom is 0.254 e. The number of halogens is 1. The summed E-state index contributed by atoms with van der Waals surface area (Å²) in [7, 11) is 0. The molecule has 4 nitrogen and oxygen atoms in total. The first-order valence-electron chi connectivity index (χ1n) is 9.06. The molecule has 5 heteroatoms. The van der Waals surface area contributed by atoms with Gasteiger partial charge in [0.2, 0.25) is 0 Å². The van der Waals surface area contributed by atoms with Crippen LogP contribution >= 0.6 is 12.4 Å². The van der Waals surface area contributed by atoms with Gasteiger partial charge in [-0.1, -0.05) is 43.3 Å². The molecule has 0 radical (unpaired) electrons. The topological polar surface area (TPSA) is 41.6 Å². The number of hydrogen-bond acceptors (Lipinski definition) is 3. The highest BCUT2D eigenvalue weighted by Gasteiger charge is 2.26. The van der Waals surface area contributed by atoms with E-state index < -0.39 is 0 Å². The molecule has 0 saturated carbocycles. The minimum absolute atomic E-state index is 0. The van der Waals surface area contributed by atoms with E-state index in [0.29, 0.717) is 18.2 Å². The van der Waals surface area contributed by atoms with Crippen molar-refractivity contribution in [2.75, 3.05) is 19.6 Å².